The second-order valence-electron chi connectivity index (χ2n) is 7.09. The van der Waals surface area contributed by atoms with E-state index in [1.807, 2.05) is 49.4 Å². The normalized spacial score (nSPS) is 14.0. The lowest BCUT2D eigenvalue weighted by Crippen LogP contribution is -2.36. The van der Waals surface area contributed by atoms with Crippen LogP contribution in [0.2, 0.25) is 0 Å². The number of para-hydroxylation sites is 3. The van der Waals surface area contributed by atoms with Gasteiger partial charge in [-0.1, -0.05) is 31.2 Å². The number of pyridine rings is 1. The molecule has 0 aliphatic carbocycles. The SMILES string of the molecule is CCCOc1ccccc1Nc1c(C(=O)O)cnc2c(N3CCOCC3)cccc12. The molecule has 1 aromatic heterocycles. The van der Waals surface area contributed by atoms with E-state index in [1.54, 1.807) is 0 Å². The number of fused-ring (bicyclic) bond motifs is 1. The lowest BCUT2D eigenvalue weighted by Gasteiger charge is -2.29. The second kappa shape index (κ2) is 9.00. The van der Waals surface area contributed by atoms with Gasteiger partial charge in [-0.2, -0.15) is 0 Å². The Labute approximate surface area is 175 Å². The van der Waals surface area contributed by atoms with Crippen molar-refractivity contribution in [2.24, 2.45) is 0 Å². The van der Waals surface area contributed by atoms with Crippen molar-refractivity contribution in [2.45, 2.75) is 13.3 Å². The van der Waals surface area contributed by atoms with Crippen molar-refractivity contribution in [2.75, 3.05) is 43.1 Å². The Morgan fingerprint density at radius 3 is 2.77 bits per heavy atom. The molecule has 30 heavy (non-hydrogen) atoms. The molecule has 0 amide bonds. The van der Waals surface area contributed by atoms with Gasteiger partial charge in [0.15, 0.2) is 0 Å². The van der Waals surface area contributed by atoms with Crippen molar-refractivity contribution < 1.29 is 19.4 Å². The Morgan fingerprint density at radius 1 is 1.20 bits per heavy atom. The first-order valence-corrected chi connectivity index (χ1v) is 10.2. The maximum Gasteiger partial charge on any atom is 0.339 e. The van der Waals surface area contributed by atoms with Crippen LogP contribution in [0.1, 0.15) is 23.7 Å². The lowest BCUT2D eigenvalue weighted by molar-refractivity contribution is 0.0697. The van der Waals surface area contributed by atoms with E-state index in [0.29, 0.717) is 31.3 Å². The molecule has 0 spiro atoms. The average molecular weight is 407 g/mol. The highest BCUT2D eigenvalue weighted by Crippen LogP contribution is 2.36. The number of hydrogen-bond acceptors (Lipinski definition) is 6. The van der Waals surface area contributed by atoms with Gasteiger partial charge in [-0.05, 0) is 24.6 Å². The third kappa shape index (κ3) is 4.02. The van der Waals surface area contributed by atoms with Gasteiger partial charge >= 0.3 is 5.97 Å². The van der Waals surface area contributed by atoms with Crippen LogP contribution in [0.15, 0.2) is 48.7 Å². The smallest absolute Gasteiger partial charge is 0.339 e. The zero-order chi connectivity index (χ0) is 20.9. The fraction of sp³-hybridized carbons (Fsp3) is 0.304. The maximum atomic E-state index is 12.0. The van der Waals surface area contributed by atoms with E-state index in [-0.39, 0.29) is 5.56 Å². The molecule has 0 saturated carbocycles. The van der Waals surface area contributed by atoms with Gasteiger partial charge in [-0.15, -0.1) is 0 Å². The third-order valence-corrected chi connectivity index (χ3v) is 5.07. The summed E-state index contributed by atoms with van der Waals surface area (Å²) in [4.78, 5) is 18.7. The average Bonchev–Trinajstić information content (AvgIpc) is 2.78. The Hall–Kier alpha value is -3.32. The number of anilines is 3. The Bertz CT molecular complexity index is 1050. The molecule has 1 fully saturated rings. The number of carboxylic acid groups (broad SMARTS) is 1. The molecule has 1 aliphatic rings. The van der Waals surface area contributed by atoms with Crippen LogP contribution in [0.5, 0.6) is 5.75 Å². The van der Waals surface area contributed by atoms with E-state index >= 15 is 0 Å². The molecule has 2 aromatic carbocycles. The number of nitrogens with zero attached hydrogens (tertiary/aromatic N) is 2. The third-order valence-electron chi connectivity index (χ3n) is 5.07. The summed E-state index contributed by atoms with van der Waals surface area (Å²) < 4.78 is 11.3. The topological polar surface area (TPSA) is 83.9 Å². The molecule has 4 rings (SSSR count). The minimum Gasteiger partial charge on any atom is -0.491 e. The molecule has 1 aliphatic heterocycles. The van der Waals surface area contributed by atoms with Crippen LogP contribution in [0, 0.1) is 0 Å². The summed E-state index contributed by atoms with van der Waals surface area (Å²) in [5.41, 5.74) is 3.09. The summed E-state index contributed by atoms with van der Waals surface area (Å²) in [6.45, 7) is 5.51. The fourth-order valence-corrected chi connectivity index (χ4v) is 3.61. The number of rotatable bonds is 7. The number of morpholine rings is 1. The minimum absolute atomic E-state index is 0.118. The largest absolute Gasteiger partial charge is 0.491 e. The first-order chi connectivity index (χ1) is 14.7. The van der Waals surface area contributed by atoms with Crippen molar-refractivity contribution in [3.8, 4) is 5.75 Å². The van der Waals surface area contributed by atoms with Crippen LogP contribution in [0.3, 0.4) is 0 Å². The zero-order valence-corrected chi connectivity index (χ0v) is 16.9. The van der Waals surface area contributed by atoms with Gasteiger partial charge in [0.2, 0.25) is 0 Å². The molecule has 7 heteroatoms. The number of carboxylic acids is 1. The molecule has 0 bridgehead atoms. The van der Waals surface area contributed by atoms with Gasteiger partial charge in [-0.3, -0.25) is 4.98 Å². The van der Waals surface area contributed by atoms with Crippen LogP contribution >= 0.6 is 0 Å². The molecule has 3 aromatic rings. The van der Waals surface area contributed by atoms with Crippen molar-refractivity contribution in [3.63, 3.8) is 0 Å². The first kappa shape index (κ1) is 20.0. The van der Waals surface area contributed by atoms with Gasteiger partial charge in [0.05, 0.1) is 42.4 Å². The molecule has 0 atom stereocenters. The van der Waals surface area contributed by atoms with E-state index in [2.05, 4.69) is 15.2 Å². The highest BCUT2D eigenvalue weighted by molar-refractivity contribution is 6.08. The first-order valence-electron chi connectivity index (χ1n) is 10.2. The summed E-state index contributed by atoms with van der Waals surface area (Å²) in [5.74, 6) is -0.347. The molecule has 2 N–H and O–H groups in total. The number of benzene rings is 2. The summed E-state index contributed by atoms with van der Waals surface area (Å²) in [7, 11) is 0. The number of aromatic carboxylic acids is 1. The van der Waals surface area contributed by atoms with Crippen molar-refractivity contribution in [1.82, 2.24) is 4.98 Å². The Morgan fingerprint density at radius 2 is 2.00 bits per heavy atom. The molecule has 0 radical (unpaired) electrons. The monoisotopic (exact) mass is 407 g/mol. The van der Waals surface area contributed by atoms with Crippen molar-refractivity contribution in [3.05, 3.63) is 54.2 Å². The van der Waals surface area contributed by atoms with E-state index in [4.69, 9.17) is 9.47 Å². The number of nitrogens with one attached hydrogen (secondary N) is 1. The quantitative estimate of drug-likeness (QED) is 0.604. The van der Waals surface area contributed by atoms with E-state index in [1.165, 1.54) is 6.20 Å². The van der Waals surface area contributed by atoms with Crippen molar-refractivity contribution in [1.29, 1.82) is 0 Å². The van der Waals surface area contributed by atoms with E-state index in [0.717, 1.165) is 41.8 Å². The van der Waals surface area contributed by atoms with Crippen LogP contribution in [0.4, 0.5) is 17.1 Å². The molecule has 1 saturated heterocycles. The molecular weight excluding hydrogens is 382 g/mol. The highest BCUT2D eigenvalue weighted by Gasteiger charge is 2.20. The molecule has 156 valence electrons. The molecule has 2 heterocycles. The standard InChI is InChI=1S/C23H25N3O4/c1-2-12-30-20-9-4-3-7-18(20)25-21-16-6-5-8-19(26-10-13-29-14-11-26)22(16)24-15-17(21)23(27)28/h3-9,15H,2,10-14H2,1H3,(H,24,25)(H,27,28). The highest BCUT2D eigenvalue weighted by atomic mass is 16.5. The van der Waals surface area contributed by atoms with Crippen LogP contribution < -0.4 is 15.0 Å². The zero-order valence-electron chi connectivity index (χ0n) is 16.9. The summed E-state index contributed by atoms with van der Waals surface area (Å²) in [5, 5.41) is 13.9. The van der Waals surface area contributed by atoms with Gasteiger partial charge < -0.3 is 24.8 Å². The van der Waals surface area contributed by atoms with Gasteiger partial charge in [0, 0.05) is 24.7 Å². The minimum atomic E-state index is -1.03. The van der Waals surface area contributed by atoms with E-state index < -0.39 is 5.97 Å². The van der Waals surface area contributed by atoms with Crippen LogP contribution in [0.25, 0.3) is 10.9 Å². The fourth-order valence-electron chi connectivity index (χ4n) is 3.61. The van der Waals surface area contributed by atoms with Gasteiger partial charge in [0.25, 0.3) is 0 Å². The predicted octanol–water partition coefficient (Wildman–Crippen LogP) is 4.30. The van der Waals surface area contributed by atoms with Gasteiger partial charge in [0.1, 0.15) is 11.3 Å². The Balaban J connectivity index is 1.82. The number of carbonyl (C=O) groups is 1. The van der Waals surface area contributed by atoms with Gasteiger partial charge in [-0.25, -0.2) is 4.79 Å². The number of ether oxygens (including phenoxy) is 2. The second-order valence-corrected chi connectivity index (χ2v) is 7.09. The van der Waals surface area contributed by atoms with E-state index in [9.17, 15) is 9.90 Å². The Kier molecular flexibility index (Phi) is 5.99. The summed E-state index contributed by atoms with van der Waals surface area (Å²) in [6.07, 6.45) is 2.31. The molecule has 0 unspecified atom stereocenters. The molecular formula is C23H25N3O4. The molecule has 7 nitrogen and oxygen atoms in total. The number of aromatic nitrogens is 1. The maximum absolute atomic E-state index is 12.0. The predicted molar refractivity (Wildman–Crippen MR) is 117 cm³/mol. The number of hydrogen-bond donors (Lipinski definition) is 2. The lowest BCUT2D eigenvalue weighted by atomic mass is 10.1. The summed E-state index contributed by atoms with van der Waals surface area (Å²) in [6, 6.07) is 13.4. The van der Waals surface area contributed by atoms with Crippen LogP contribution in [-0.4, -0.2) is 49.0 Å². The summed E-state index contributed by atoms with van der Waals surface area (Å²) >= 11 is 0. The van der Waals surface area contributed by atoms with Crippen LogP contribution in [-0.2, 0) is 4.74 Å². The van der Waals surface area contributed by atoms with Crippen molar-refractivity contribution >= 4 is 33.9 Å².